The predicted molar refractivity (Wildman–Crippen MR) is 95.9 cm³/mol. The summed E-state index contributed by atoms with van der Waals surface area (Å²) < 4.78 is 5.25. The number of carbonyl (C=O) groups excluding carboxylic acids is 1. The molecular formula is C14H20Cl2N4O2S. The highest BCUT2D eigenvalue weighted by Gasteiger charge is 2.22. The van der Waals surface area contributed by atoms with Crippen molar-refractivity contribution in [1.29, 1.82) is 0 Å². The second kappa shape index (κ2) is 9.12. The Morgan fingerprint density at radius 1 is 1.30 bits per heavy atom. The molecule has 0 atom stereocenters. The number of amides is 1. The van der Waals surface area contributed by atoms with E-state index in [1.807, 2.05) is 16.5 Å². The summed E-state index contributed by atoms with van der Waals surface area (Å²) in [4.78, 5) is 20.9. The maximum absolute atomic E-state index is 12.5. The van der Waals surface area contributed by atoms with Crippen LogP contribution in [-0.2, 0) is 6.54 Å². The summed E-state index contributed by atoms with van der Waals surface area (Å²) in [6, 6.07) is 1.73. The summed E-state index contributed by atoms with van der Waals surface area (Å²) in [6.45, 7) is 3.49. The lowest BCUT2D eigenvalue weighted by atomic mass is 10.2. The third-order valence-corrected chi connectivity index (χ3v) is 4.41. The minimum absolute atomic E-state index is 0. The quantitative estimate of drug-likeness (QED) is 0.886. The molecule has 1 aliphatic heterocycles. The Bertz CT molecular complexity index is 606. The fourth-order valence-corrected chi connectivity index (χ4v) is 3.16. The largest absolute Gasteiger partial charge is 0.467 e. The number of rotatable bonds is 3. The molecule has 1 fully saturated rings. The van der Waals surface area contributed by atoms with E-state index in [1.165, 1.54) is 6.26 Å². The first-order valence-corrected chi connectivity index (χ1v) is 7.87. The summed E-state index contributed by atoms with van der Waals surface area (Å²) in [5.41, 5.74) is 6.09. The van der Waals surface area contributed by atoms with Crippen LogP contribution in [0.1, 0.15) is 22.5 Å². The van der Waals surface area contributed by atoms with E-state index < -0.39 is 0 Å². The summed E-state index contributed by atoms with van der Waals surface area (Å²) in [5, 5.41) is 3.00. The molecule has 0 aliphatic carbocycles. The van der Waals surface area contributed by atoms with Gasteiger partial charge < -0.3 is 20.0 Å². The van der Waals surface area contributed by atoms with Gasteiger partial charge in [0.05, 0.1) is 12.1 Å². The molecule has 23 heavy (non-hydrogen) atoms. The summed E-state index contributed by atoms with van der Waals surface area (Å²) in [5.74, 6) is 0.650. The number of furan rings is 1. The van der Waals surface area contributed by atoms with Crippen molar-refractivity contribution in [2.45, 2.75) is 13.0 Å². The lowest BCUT2D eigenvalue weighted by Gasteiger charge is -2.21. The maximum Gasteiger partial charge on any atom is 0.257 e. The molecule has 6 nitrogen and oxygen atoms in total. The Kier molecular flexibility index (Phi) is 7.84. The van der Waals surface area contributed by atoms with E-state index in [9.17, 15) is 4.79 Å². The molecule has 1 aliphatic rings. The van der Waals surface area contributed by atoms with Crippen molar-refractivity contribution in [2.75, 3.05) is 31.1 Å². The van der Waals surface area contributed by atoms with Gasteiger partial charge in [-0.05, 0) is 12.5 Å². The SMILES string of the molecule is Cl.Cl.NCc1cc(C(=O)N2CCCN(c3nccs3)CC2)co1. The molecule has 128 valence electrons. The molecule has 3 heterocycles. The molecule has 0 radical (unpaired) electrons. The van der Waals surface area contributed by atoms with E-state index in [4.69, 9.17) is 10.2 Å². The molecule has 0 spiro atoms. The fourth-order valence-electron chi connectivity index (χ4n) is 2.47. The summed E-state index contributed by atoms with van der Waals surface area (Å²) >= 11 is 1.63. The Morgan fingerprint density at radius 2 is 2.13 bits per heavy atom. The Hall–Kier alpha value is -1.28. The lowest BCUT2D eigenvalue weighted by molar-refractivity contribution is 0.0766. The fraction of sp³-hybridized carbons (Fsp3) is 0.429. The highest BCUT2D eigenvalue weighted by molar-refractivity contribution is 7.13. The number of thiazole rings is 1. The van der Waals surface area contributed by atoms with Crippen LogP contribution in [0.2, 0.25) is 0 Å². The van der Waals surface area contributed by atoms with Gasteiger partial charge >= 0.3 is 0 Å². The number of aromatic nitrogens is 1. The van der Waals surface area contributed by atoms with Crippen molar-refractivity contribution in [3.63, 3.8) is 0 Å². The van der Waals surface area contributed by atoms with Crippen LogP contribution >= 0.6 is 36.2 Å². The smallest absolute Gasteiger partial charge is 0.257 e. The van der Waals surface area contributed by atoms with Crippen molar-refractivity contribution in [3.8, 4) is 0 Å². The third kappa shape index (κ3) is 4.60. The van der Waals surface area contributed by atoms with Gasteiger partial charge in [-0.15, -0.1) is 36.2 Å². The first kappa shape index (κ1) is 19.8. The van der Waals surface area contributed by atoms with Gasteiger partial charge in [-0.1, -0.05) is 0 Å². The van der Waals surface area contributed by atoms with E-state index in [1.54, 1.807) is 17.4 Å². The number of nitrogens with zero attached hydrogens (tertiary/aromatic N) is 3. The van der Waals surface area contributed by atoms with Gasteiger partial charge in [-0.25, -0.2) is 4.98 Å². The zero-order chi connectivity index (χ0) is 14.7. The molecule has 3 rings (SSSR count). The van der Waals surface area contributed by atoms with E-state index in [0.717, 1.165) is 31.2 Å². The topological polar surface area (TPSA) is 75.6 Å². The van der Waals surface area contributed by atoms with Crippen LogP contribution in [0.25, 0.3) is 0 Å². The Morgan fingerprint density at radius 3 is 2.78 bits per heavy atom. The van der Waals surface area contributed by atoms with Crippen LogP contribution in [0.15, 0.2) is 28.3 Å². The van der Waals surface area contributed by atoms with Gasteiger partial charge in [0.1, 0.15) is 12.0 Å². The molecule has 0 bridgehead atoms. The third-order valence-electron chi connectivity index (χ3n) is 3.57. The minimum atomic E-state index is 0. The van der Waals surface area contributed by atoms with E-state index in [2.05, 4.69) is 9.88 Å². The van der Waals surface area contributed by atoms with Crippen molar-refractivity contribution >= 4 is 47.2 Å². The van der Waals surface area contributed by atoms with E-state index in [0.29, 0.717) is 24.4 Å². The monoisotopic (exact) mass is 378 g/mol. The molecule has 9 heteroatoms. The lowest BCUT2D eigenvalue weighted by Crippen LogP contribution is -2.35. The highest BCUT2D eigenvalue weighted by Crippen LogP contribution is 2.20. The second-order valence-corrected chi connectivity index (χ2v) is 5.83. The molecule has 1 saturated heterocycles. The number of anilines is 1. The van der Waals surface area contributed by atoms with E-state index >= 15 is 0 Å². The molecule has 0 aromatic carbocycles. The molecule has 2 aromatic heterocycles. The van der Waals surface area contributed by atoms with Gasteiger partial charge in [0.2, 0.25) is 0 Å². The van der Waals surface area contributed by atoms with Crippen molar-refractivity contribution in [3.05, 3.63) is 35.2 Å². The molecule has 0 saturated carbocycles. The Labute approximate surface area is 151 Å². The predicted octanol–water partition coefficient (Wildman–Crippen LogP) is 2.39. The summed E-state index contributed by atoms with van der Waals surface area (Å²) in [6.07, 6.45) is 4.24. The first-order valence-electron chi connectivity index (χ1n) is 6.99. The van der Waals surface area contributed by atoms with Crippen LogP contribution in [0, 0.1) is 0 Å². The average molecular weight is 379 g/mol. The van der Waals surface area contributed by atoms with Crippen LogP contribution in [0.5, 0.6) is 0 Å². The van der Waals surface area contributed by atoms with E-state index in [-0.39, 0.29) is 30.7 Å². The van der Waals surface area contributed by atoms with Gasteiger partial charge in [-0.3, -0.25) is 4.79 Å². The normalized spacial score (nSPS) is 14.7. The highest BCUT2D eigenvalue weighted by atomic mass is 35.5. The number of carbonyl (C=O) groups is 1. The van der Waals surface area contributed by atoms with Crippen LogP contribution < -0.4 is 10.6 Å². The zero-order valence-electron chi connectivity index (χ0n) is 12.5. The maximum atomic E-state index is 12.5. The molecule has 0 unspecified atom stereocenters. The number of hydrogen-bond acceptors (Lipinski definition) is 6. The van der Waals surface area contributed by atoms with Crippen LogP contribution in [-0.4, -0.2) is 42.0 Å². The minimum Gasteiger partial charge on any atom is -0.467 e. The number of hydrogen-bond donors (Lipinski definition) is 1. The summed E-state index contributed by atoms with van der Waals surface area (Å²) in [7, 11) is 0. The van der Waals surface area contributed by atoms with Crippen molar-refractivity contribution < 1.29 is 9.21 Å². The zero-order valence-corrected chi connectivity index (χ0v) is 15.0. The molecule has 2 N–H and O–H groups in total. The number of halogens is 2. The molecule has 2 aromatic rings. The van der Waals surface area contributed by atoms with Crippen LogP contribution in [0.4, 0.5) is 5.13 Å². The number of nitrogens with two attached hydrogens (primary N) is 1. The van der Waals surface area contributed by atoms with Gasteiger partial charge in [-0.2, -0.15) is 0 Å². The van der Waals surface area contributed by atoms with Crippen molar-refractivity contribution in [2.24, 2.45) is 5.73 Å². The van der Waals surface area contributed by atoms with Gasteiger partial charge in [0.15, 0.2) is 5.13 Å². The van der Waals surface area contributed by atoms with Crippen molar-refractivity contribution in [1.82, 2.24) is 9.88 Å². The molecular weight excluding hydrogens is 359 g/mol. The first-order chi connectivity index (χ1) is 10.3. The second-order valence-electron chi connectivity index (χ2n) is 4.95. The van der Waals surface area contributed by atoms with Gasteiger partial charge in [0.25, 0.3) is 5.91 Å². The Balaban J connectivity index is 0.00000132. The average Bonchev–Trinajstić information content (AvgIpc) is 3.14. The van der Waals surface area contributed by atoms with Crippen LogP contribution in [0.3, 0.4) is 0 Å². The molecule has 1 amide bonds. The van der Waals surface area contributed by atoms with Gasteiger partial charge in [0, 0.05) is 37.8 Å². The standard InChI is InChI=1S/C14H18N4O2S.2ClH/c15-9-12-8-11(10-20-12)13(19)17-3-1-4-18(6-5-17)14-16-2-7-21-14;;/h2,7-8,10H,1,3-6,9,15H2;2*1H.